The minimum atomic E-state index is -1.01. The molecule has 3 aromatic rings. The lowest BCUT2D eigenvalue weighted by atomic mass is 9.98. The van der Waals surface area contributed by atoms with Crippen molar-refractivity contribution in [3.63, 3.8) is 0 Å². The highest BCUT2D eigenvalue weighted by Crippen LogP contribution is 2.27. The largest absolute Gasteiger partial charge is 0.462 e. The van der Waals surface area contributed by atoms with E-state index in [1.165, 1.54) is 42.9 Å². The van der Waals surface area contributed by atoms with Crippen molar-refractivity contribution in [2.75, 3.05) is 0 Å². The first-order valence-corrected chi connectivity index (χ1v) is 11.2. The molecule has 1 nitrogen and oxygen atoms in total. The zero-order valence-corrected chi connectivity index (χ0v) is 18.6. The van der Waals surface area contributed by atoms with E-state index >= 15 is 0 Å². The summed E-state index contributed by atoms with van der Waals surface area (Å²) in [5.41, 5.74) is 3.60. The molecule has 3 rings (SSSR count). The first-order valence-electron chi connectivity index (χ1n) is 11.2. The van der Waals surface area contributed by atoms with Crippen LogP contribution in [0.2, 0.25) is 0 Å². The van der Waals surface area contributed by atoms with Gasteiger partial charge in [0.2, 0.25) is 5.82 Å². The van der Waals surface area contributed by atoms with E-state index in [1.807, 2.05) is 18.2 Å². The highest BCUT2D eigenvalue weighted by Gasteiger charge is 2.14. The van der Waals surface area contributed by atoms with Crippen LogP contribution in [-0.4, -0.2) is 0 Å². The van der Waals surface area contributed by atoms with Gasteiger partial charge in [0.25, 0.3) is 0 Å². The Balaban J connectivity index is 1.66. The van der Waals surface area contributed by atoms with Crippen molar-refractivity contribution in [2.24, 2.45) is 0 Å². The van der Waals surface area contributed by atoms with E-state index in [2.05, 4.69) is 19.1 Å². The van der Waals surface area contributed by atoms with Gasteiger partial charge in [0.05, 0.1) is 6.26 Å². The van der Waals surface area contributed by atoms with E-state index in [-0.39, 0.29) is 23.6 Å². The molecule has 0 fully saturated rings. The Morgan fingerprint density at radius 3 is 2.22 bits per heavy atom. The third-order valence-electron chi connectivity index (χ3n) is 5.51. The molecule has 0 bridgehead atoms. The molecule has 0 saturated carbocycles. The molecule has 4 heteroatoms. The summed E-state index contributed by atoms with van der Waals surface area (Å²) in [7, 11) is 0. The van der Waals surface area contributed by atoms with Crippen LogP contribution >= 0.6 is 0 Å². The molecule has 0 aliphatic heterocycles. The minimum absolute atomic E-state index is 0.156. The summed E-state index contributed by atoms with van der Waals surface area (Å²) in [6.45, 7) is 3.90. The smallest absolute Gasteiger partial charge is 0.201 e. The molecule has 0 aliphatic rings. The Morgan fingerprint density at radius 1 is 0.781 bits per heavy atom. The van der Waals surface area contributed by atoms with Gasteiger partial charge in [-0.1, -0.05) is 68.3 Å². The molecule has 0 saturated heterocycles. The van der Waals surface area contributed by atoms with E-state index in [1.54, 1.807) is 19.1 Å². The van der Waals surface area contributed by atoms with Gasteiger partial charge >= 0.3 is 0 Å². The predicted molar refractivity (Wildman–Crippen MR) is 124 cm³/mol. The van der Waals surface area contributed by atoms with Gasteiger partial charge in [0.15, 0.2) is 11.6 Å². The number of aryl methyl sites for hydroxylation is 3. The number of halogens is 3. The summed E-state index contributed by atoms with van der Waals surface area (Å²) in [5, 5.41) is 0. The van der Waals surface area contributed by atoms with Crippen molar-refractivity contribution < 1.29 is 17.9 Å². The van der Waals surface area contributed by atoms with Crippen molar-refractivity contribution in [1.29, 1.82) is 0 Å². The van der Waals surface area contributed by atoms with E-state index in [9.17, 15) is 13.2 Å². The number of hydrogen-bond acceptors (Lipinski definition) is 1. The van der Waals surface area contributed by atoms with Crippen LogP contribution in [0.25, 0.3) is 11.1 Å². The number of rotatable bonds is 10. The molecular formula is C28H29F3O. The van der Waals surface area contributed by atoms with Gasteiger partial charge < -0.3 is 4.74 Å². The average Bonchev–Trinajstić information content (AvgIpc) is 2.80. The fourth-order valence-electron chi connectivity index (χ4n) is 3.65. The lowest BCUT2D eigenvalue weighted by Gasteiger charge is -2.10. The van der Waals surface area contributed by atoms with Crippen molar-refractivity contribution in [3.05, 3.63) is 101 Å². The zero-order valence-electron chi connectivity index (χ0n) is 18.6. The lowest BCUT2D eigenvalue weighted by molar-refractivity contribution is 0.411. The van der Waals surface area contributed by atoms with E-state index in [0.29, 0.717) is 12.0 Å². The SMILES string of the molecule is C/C=C/Oc1ccc(CCc2ccc(-c3ccc(CCCCC)cc3)c(F)c2)c(F)c1F. The maximum absolute atomic E-state index is 14.8. The first-order chi connectivity index (χ1) is 15.5. The second-order valence-corrected chi connectivity index (χ2v) is 7.91. The fraction of sp³-hybridized carbons (Fsp3) is 0.286. The first kappa shape index (κ1) is 23.6. The monoisotopic (exact) mass is 438 g/mol. The van der Waals surface area contributed by atoms with Gasteiger partial charge in [0.1, 0.15) is 5.82 Å². The molecule has 0 N–H and O–H groups in total. The van der Waals surface area contributed by atoms with Gasteiger partial charge in [-0.2, -0.15) is 4.39 Å². The molecule has 0 spiro atoms. The molecule has 0 atom stereocenters. The molecule has 32 heavy (non-hydrogen) atoms. The summed E-state index contributed by atoms with van der Waals surface area (Å²) in [6.07, 6.45) is 8.14. The zero-order chi connectivity index (χ0) is 22.9. The number of unbranched alkanes of at least 4 members (excludes halogenated alkanes) is 2. The highest BCUT2D eigenvalue weighted by molar-refractivity contribution is 5.64. The van der Waals surface area contributed by atoms with Gasteiger partial charge in [0, 0.05) is 5.56 Å². The predicted octanol–water partition coefficient (Wildman–Crippen LogP) is 8.20. The standard InChI is InChI=1S/C28H29F3O/c1-3-5-6-7-20-8-12-22(13-9-20)24-16-11-21(19-25(24)29)10-14-23-15-17-26(32-18-4-2)28(31)27(23)30/h4,8-9,11-13,15-19H,3,5-7,10,14H2,1-2H3/b18-4+. The fourth-order valence-corrected chi connectivity index (χ4v) is 3.65. The third kappa shape index (κ3) is 6.03. The lowest BCUT2D eigenvalue weighted by Crippen LogP contribution is -2.00. The molecule has 168 valence electrons. The van der Waals surface area contributed by atoms with Gasteiger partial charge in [-0.05, 0) is 67.0 Å². The van der Waals surface area contributed by atoms with E-state index in [4.69, 9.17) is 4.74 Å². The summed E-state index contributed by atoms with van der Waals surface area (Å²) in [6, 6.07) is 16.0. The van der Waals surface area contributed by atoms with Crippen LogP contribution in [0.4, 0.5) is 13.2 Å². The Morgan fingerprint density at radius 2 is 1.53 bits per heavy atom. The van der Waals surface area contributed by atoms with Crippen LogP contribution in [0.5, 0.6) is 5.75 Å². The molecule has 0 amide bonds. The number of benzene rings is 3. The summed E-state index contributed by atoms with van der Waals surface area (Å²) < 4.78 is 48.3. The summed E-state index contributed by atoms with van der Waals surface area (Å²) in [4.78, 5) is 0. The maximum Gasteiger partial charge on any atom is 0.201 e. The van der Waals surface area contributed by atoms with Crippen LogP contribution in [0.3, 0.4) is 0 Å². The molecule has 0 unspecified atom stereocenters. The molecule has 3 aromatic carbocycles. The Kier molecular flexibility index (Phi) is 8.55. The number of allylic oxidation sites excluding steroid dienone is 1. The number of ether oxygens (including phenoxy) is 1. The Labute approximate surface area is 188 Å². The third-order valence-corrected chi connectivity index (χ3v) is 5.51. The van der Waals surface area contributed by atoms with Crippen molar-refractivity contribution in [1.82, 2.24) is 0 Å². The quantitative estimate of drug-likeness (QED) is 0.229. The van der Waals surface area contributed by atoms with Crippen molar-refractivity contribution in [3.8, 4) is 16.9 Å². The number of hydrogen-bond donors (Lipinski definition) is 0. The topological polar surface area (TPSA) is 9.23 Å². The Bertz CT molecular complexity index is 1060. The highest BCUT2D eigenvalue weighted by atomic mass is 19.2. The summed E-state index contributed by atoms with van der Waals surface area (Å²) >= 11 is 0. The molecular weight excluding hydrogens is 409 g/mol. The van der Waals surface area contributed by atoms with Gasteiger partial charge in [-0.25, -0.2) is 8.78 Å². The van der Waals surface area contributed by atoms with E-state index in [0.717, 1.165) is 24.0 Å². The van der Waals surface area contributed by atoms with E-state index < -0.39 is 11.6 Å². The second kappa shape index (κ2) is 11.6. The summed E-state index contributed by atoms with van der Waals surface area (Å²) in [5.74, 6) is -2.41. The van der Waals surface area contributed by atoms with Crippen molar-refractivity contribution in [2.45, 2.75) is 52.4 Å². The maximum atomic E-state index is 14.8. The van der Waals surface area contributed by atoms with Crippen LogP contribution in [0, 0.1) is 17.5 Å². The van der Waals surface area contributed by atoms with Crippen LogP contribution < -0.4 is 4.74 Å². The van der Waals surface area contributed by atoms with Crippen LogP contribution in [0.1, 0.15) is 49.8 Å². The average molecular weight is 439 g/mol. The molecule has 0 heterocycles. The van der Waals surface area contributed by atoms with Gasteiger partial charge in [-0.3, -0.25) is 0 Å². The molecule has 0 aliphatic carbocycles. The molecule has 0 radical (unpaired) electrons. The molecule has 0 aromatic heterocycles. The van der Waals surface area contributed by atoms with Crippen molar-refractivity contribution >= 4 is 0 Å². The second-order valence-electron chi connectivity index (χ2n) is 7.91. The minimum Gasteiger partial charge on any atom is -0.462 e. The van der Waals surface area contributed by atoms with Crippen LogP contribution in [-0.2, 0) is 19.3 Å². The Hall–Kier alpha value is -3.01. The normalized spacial score (nSPS) is 11.3. The van der Waals surface area contributed by atoms with Crippen LogP contribution in [0.15, 0.2) is 66.9 Å². The van der Waals surface area contributed by atoms with Gasteiger partial charge in [-0.15, -0.1) is 0 Å².